The van der Waals surface area contributed by atoms with Crippen LogP contribution in [0.3, 0.4) is 0 Å². The zero-order valence-electron chi connectivity index (χ0n) is 14.0. The number of methoxy groups -OCH3 is 1. The van der Waals surface area contributed by atoms with Crippen molar-refractivity contribution in [2.45, 2.75) is 46.0 Å². The van der Waals surface area contributed by atoms with Gasteiger partial charge in [-0.3, -0.25) is 4.79 Å². The second kappa shape index (κ2) is 8.21. The Kier molecular flexibility index (Phi) is 6.29. The zero-order valence-corrected chi connectivity index (χ0v) is 14.0. The van der Waals surface area contributed by atoms with Crippen LogP contribution in [0.25, 0.3) is 0 Å². The Morgan fingerprint density at radius 2 is 1.95 bits per heavy atom. The number of hydrogen-bond donors (Lipinski definition) is 0. The van der Waals surface area contributed by atoms with E-state index in [0.717, 1.165) is 37.9 Å². The molecular formula is C19H28O3. The molecule has 0 aromatic heterocycles. The first kappa shape index (κ1) is 16.9. The summed E-state index contributed by atoms with van der Waals surface area (Å²) in [5.41, 5.74) is 1.35. The summed E-state index contributed by atoms with van der Waals surface area (Å²) in [6.07, 6.45) is 5.16. The lowest BCUT2D eigenvalue weighted by atomic mass is 9.82. The predicted molar refractivity (Wildman–Crippen MR) is 87.9 cm³/mol. The first-order chi connectivity index (χ1) is 10.6. The maximum Gasteiger partial charge on any atom is 0.308 e. The number of esters is 1. The molecule has 0 spiro atoms. The van der Waals surface area contributed by atoms with Crippen LogP contribution in [0.2, 0.25) is 0 Å². The van der Waals surface area contributed by atoms with Crippen LogP contribution in [0.15, 0.2) is 24.3 Å². The van der Waals surface area contributed by atoms with Gasteiger partial charge in [-0.2, -0.15) is 0 Å². The highest BCUT2D eigenvalue weighted by Crippen LogP contribution is 2.30. The number of benzene rings is 1. The molecule has 0 unspecified atom stereocenters. The molecule has 1 aromatic rings. The van der Waals surface area contributed by atoms with Crippen LogP contribution in [0.1, 0.15) is 45.1 Å². The van der Waals surface area contributed by atoms with Crippen LogP contribution < -0.4 is 4.74 Å². The molecule has 0 saturated heterocycles. The van der Waals surface area contributed by atoms with Crippen molar-refractivity contribution in [3.8, 4) is 5.75 Å². The average Bonchev–Trinajstić information content (AvgIpc) is 2.53. The Labute approximate surface area is 134 Å². The van der Waals surface area contributed by atoms with Gasteiger partial charge in [0.1, 0.15) is 5.75 Å². The smallest absolute Gasteiger partial charge is 0.308 e. The van der Waals surface area contributed by atoms with E-state index in [-0.39, 0.29) is 11.9 Å². The highest BCUT2D eigenvalue weighted by molar-refractivity contribution is 5.72. The second-order valence-electron chi connectivity index (χ2n) is 6.81. The molecule has 1 fully saturated rings. The molecule has 0 heterocycles. The van der Waals surface area contributed by atoms with Crippen molar-refractivity contribution in [2.24, 2.45) is 17.8 Å². The van der Waals surface area contributed by atoms with Crippen LogP contribution >= 0.6 is 0 Å². The number of carbonyl (C=O) groups excluding carboxylic acids is 1. The van der Waals surface area contributed by atoms with Gasteiger partial charge in [0.05, 0.1) is 19.6 Å². The first-order valence-electron chi connectivity index (χ1n) is 8.38. The topological polar surface area (TPSA) is 35.5 Å². The molecule has 1 aliphatic carbocycles. The van der Waals surface area contributed by atoms with E-state index in [2.05, 4.69) is 38.1 Å². The van der Waals surface area contributed by atoms with Gasteiger partial charge >= 0.3 is 5.97 Å². The molecule has 22 heavy (non-hydrogen) atoms. The number of hydrogen-bond acceptors (Lipinski definition) is 3. The highest BCUT2D eigenvalue weighted by Gasteiger charge is 2.28. The normalized spacial score (nSPS) is 21.6. The molecule has 3 nitrogen and oxygen atoms in total. The van der Waals surface area contributed by atoms with E-state index in [1.807, 2.05) is 0 Å². The summed E-state index contributed by atoms with van der Waals surface area (Å²) < 4.78 is 10.8. The molecule has 0 aliphatic heterocycles. The number of carbonyl (C=O) groups is 1. The van der Waals surface area contributed by atoms with E-state index in [0.29, 0.717) is 18.4 Å². The largest absolute Gasteiger partial charge is 0.493 e. The molecule has 0 bridgehead atoms. The molecular weight excluding hydrogens is 276 g/mol. The van der Waals surface area contributed by atoms with Gasteiger partial charge in [-0.25, -0.2) is 0 Å². The van der Waals surface area contributed by atoms with Gasteiger partial charge in [0.25, 0.3) is 0 Å². The van der Waals surface area contributed by atoms with Crippen molar-refractivity contribution >= 4 is 5.97 Å². The Morgan fingerprint density at radius 1 is 1.23 bits per heavy atom. The summed E-state index contributed by atoms with van der Waals surface area (Å²) in [6.45, 7) is 5.15. The highest BCUT2D eigenvalue weighted by atomic mass is 16.5. The molecule has 3 heteroatoms. The third kappa shape index (κ3) is 5.04. The molecule has 0 amide bonds. The van der Waals surface area contributed by atoms with Crippen molar-refractivity contribution in [2.75, 3.05) is 13.7 Å². The van der Waals surface area contributed by atoms with Gasteiger partial charge in [-0.1, -0.05) is 32.4 Å². The van der Waals surface area contributed by atoms with E-state index in [1.54, 1.807) is 0 Å². The molecule has 2 rings (SSSR count). The molecule has 1 aromatic carbocycles. The monoisotopic (exact) mass is 304 g/mol. The van der Waals surface area contributed by atoms with Crippen LogP contribution in [0.5, 0.6) is 5.75 Å². The van der Waals surface area contributed by atoms with Gasteiger partial charge < -0.3 is 9.47 Å². The van der Waals surface area contributed by atoms with Crippen LogP contribution in [-0.4, -0.2) is 19.7 Å². The van der Waals surface area contributed by atoms with Gasteiger partial charge in [0, 0.05) is 0 Å². The van der Waals surface area contributed by atoms with Gasteiger partial charge in [-0.15, -0.1) is 0 Å². The van der Waals surface area contributed by atoms with Crippen molar-refractivity contribution in [1.82, 2.24) is 0 Å². The Balaban J connectivity index is 1.81. The lowest BCUT2D eigenvalue weighted by Crippen LogP contribution is -2.27. The van der Waals surface area contributed by atoms with Crippen molar-refractivity contribution < 1.29 is 14.3 Å². The Morgan fingerprint density at radius 3 is 2.59 bits per heavy atom. The van der Waals surface area contributed by atoms with Crippen molar-refractivity contribution in [1.29, 1.82) is 0 Å². The molecule has 0 N–H and O–H groups in total. The molecule has 1 saturated carbocycles. The summed E-state index contributed by atoms with van der Waals surface area (Å²) in [6, 6.07) is 8.40. The molecule has 2 atom stereocenters. The maximum absolute atomic E-state index is 11.6. The summed E-state index contributed by atoms with van der Waals surface area (Å²) in [4.78, 5) is 11.6. The summed E-state index contributed by atoms with van der Waals surface area (Å²) in [5, 5.41) is 0. The minimum absolute atomic E-state index is 0.0563. The fraction of sp³-hybridized carbons (Fsp3) is 0.632. The SMILES string of the molecule is COC(=O)[C@H]1CCC[C@@H](COc2ccc(CC(C)C)cc2)C1. The number of ether oxygens (including phenoxy) is 2. The summed E-state index contributed by atoms with van der Waals surface area (Å²) >= 11 is 0. The van der Waals surface area contributed by atoms with E-state index >= 15 is 0 Å². The number of rotatable bonds is 6. The maximum atomic E-state index is 11.6. The summed E-state index contributed by atoms with van der Waals surface area (Å²) in [7, 11) is 1.47. The molecule has 0 radical (unpaired) electrons. The first-order valence-corrected chi connectivity index (χ1v) is 8.38. The zero-order chi connectivity index (χ0) is 15.9. The van der Waals surface area contributed by atoms with Gasteiger partial charge in [-0.05, 0) is 55.2 Å². The lowest BCUT2D eigenvalue weighted by Gasteiger charge is -2.27. The third-order valence-corrected chi connectivity index (χ3v) is 4.37. The van der Waals surface area contributed by atoms with Gasteiger partial charge in [0.15, 0.2) is 0 Å². The van der Waals surface area contributed by atoms with Crippen LogP contribution in [-0.2, 0) is 16.0 Å². The predicted octanol–water partition coefficient (Wildman–Crippen LogP) is 4.24. The summed E-state index contributed by atoms with van der Waals surface area (Å²) in [5.74, 6) is 2.04. The van der Waals surface area contributed by atoms with E-state index in [4.69, 9.17) is 9.47 Å². The lowest BCUT2D eigenvalue weighted by molar-refractivity contribution is -0.147. The van der Waals surface area contributed by atoms with E-state index in [1.165, 1.54) is 12.7 Å². The average molecular weight is 304 g/mol. The second-order valence-corrected chi connectivity index (χ2v) is 6.81. The van der Waals surface area contributed by atoms with Crippen molar-refractivity contribution in [3.63, 3.8) is 0 Å². The fourth-order valence-corrected chi connectivity index (χ4v) is 3.23. The van der Waals surface area contributed by atoms with E-state index in [9.17, 15) is 4.79 Å². The Bertz CT molecular complexity index is 464. The minimum Gasteiger partial charge on any atom is -0.493 e. The fourth-order valence-electron chi connectivity index (χ4n) is 3.23. The van der Waals surface area contributed by atoms with Crippen LogP contribution in [0, 0.1) is 17.8 Å². The third-order valence-electron chi connectivity index (χ3n) is 4.37. The standard InChI is InChI=1S/C19H28O3/c1-14(2)11-15-7-9-18(10-8-15)22-13-16-5-4-6-17(12-16)19(20)21-3/h7-10,14,16-17H,4-6,11-13H2,1-3H3/t16-,17+/m1/s1. The Hall–Kier alpha value is -1.51. The minimum atomic E-state index is -0.0669. The quantitative estimate of drug-likeness (QED) is 0.737. The van der Waals surface area contributed by atoms with Crippen molar-refractivity contribution in [3.05, 3.63) is 29.8 Å². The molecule has 122 valence electrons. The van der Waals surface area contributed by atoms with Gasteiger partial charge in [0.2, 0.25) is 0 Å². The molecule has 1 aliphatic rings. The van der Waals surface area contributed by atoms with E-state index < -0.39 is 0 Å². The van der Waals surface area contributed by atoms with Crippen LogP contribution in [0.4, 0.5) is 0 Å².